The van der Waals surface area contributed by atoms with Gasteiger partial charge in [0.1, 0.15) is 5.78 Å². The summed E-state index contributed by atoms with van der Waals surface area (Å²) in [6.07, 6.45) is 9.20. The van der Waals surface area contributed by atoms with Gasteiger partial charge in [-0.25, -0.2) is 0 Å². The van der Waals surface area contributed by atoms with E-state index in [1.807, 2.05) is 0 Å². The monoisotopic (exact) mass is 209 g/mol. The zero-order valence-electron chi connectivity index (χ0n) is 9.80. The molecular formula is C13H23NO. The van der Waals surface area contributed by atoms with Crippen LogP contribution < -0.4 is 5.32 Å². The Morgan fingerprint density at radius 1 is 1.27 bits per heavy atom. The lowest BCUT2D eigenvalue weighted by molar-refractivity contribution is -0.124. The highest BCUT2D eigenvalue weighted by Crippen LogP contribution is 2.30. The maximum absolute atomic E-state index is 12.0. The van der Waals surface area contributed by atoms with Gasteiger partial charge in [0.25, 0.3) is 0 Å². The van der Waals surface area contributed by atoms with Crippen molar-refractivity contribution in [3.63, 3.8) is 0 Å². The molecule has 0 saturated carbocycles. The molecule has 0 aromatic heterocycles. The van der Waals surface area contributed by atoms with Crippen molar-refractivity contribution in [3.8, 4) is 0 Å². The number of rotatable bonds is 4. The van der Waals surface area contributed by atoms with Gasteiger partial charge in [0.15, 0.2) is 0 Å². The first-order chi connectivity index (χ1) is 7.29. The van der Waals surface area contributed by atoms with Gasteiger partial charge in [-0.2, -0.15) is 0 Å². The number of hydrogen-bond acceptors (Lipinski definition) is 2. The molecule has 0 aliphatic carbocycles. The lowest BCUT2D eigenvalue weighted by Gasteiger charge is -2.39. The van der Waals surface area contributed by atoms with Crippen LogP contribution in [0.1, 0.15) is 58.3 Å². The first kappa shape index (κ1) is 11.1. The highest BCUT2D eigenvalue weighted by atomic mass is 16.1. The molecule has 0 radical (unpaired) electrons. The van der Waals surface area contributed by atoms with Gasteiger partial charge in [0.2, 0.25) is 0 Å². The summed E-state index contributed by atoms with van der Waals surface area (Å²) in [4.78, 5) is 12.0. The number of piperidine rings is 2. The van der Waals surface area contributed by atoms with Crippen LogP contribution in [0.25, 0.3) is 0 Å². The Morgan fingerprint density at radius 2 is 1.93 bits per heavy atom. The molecule has 2 fully saturated rings. The van der Waals surface area contributed by atoms with Crippen molar-refractivity contribution in [1.29, 1.82) is 0 Å². The van der Waals surface area contributed by atoms with E-state index < -0.39 is 0 Å². The molecule has 2 rings (SSSR count). The van der Waals surface area contributed by atoms with Gasteiger partial charge in [0.05, 0.1) is 0 Å². The van der Waals surface area contributed by atoms with E-state index in [1.54, 1.807) is 0 Å². The molecule has 2 bridgehead atoms. The van der Waals surface area contributed by atoms with E-state index in [-0.39, 0.29) is 0 Å². The lowest BCUT2D eigenvalue weighted by Crippen LogP contribution is -2.50. The quantitative estimate of drug-likeness (QED) is 0.771. The summed E-state index contributed by atoms with van der Waals surface area (Å²) in [6.45, 7) is 2.16. The number of carbonyl (C=O) groups is 1. The molecule has 0 amide bonds. The van der Waals surface area contributed by atoms with Crippen LogP contribution in [0.4, 0.5) is 0 Å². The van der Waals surface area contributed by atoms with E-state index in [0.717, 1.165) is 32.1 Å². The standard InChI is InChI=1S/C13H23NO/c1-2-3-7-13(15)10-8-11-5-4-6-12(9-10)14-11/h10-12,14H,2-9H2,1H3. The SMILES string of the molecule is CCCCC(=O)C1CC2CCCC(C1)N2. The molecule has 2 heteroatoms. The average Bonchev–Trinajstić information content (AvgIpc) is 2.25. The fraction of sp³-hybridized carbons (Fsp3) is 0.923. The molecule has 2 saturated heterocycles. The molecule has 0 aromatic carbocycles. The van der Waals surface area contributed by atoms with Crippen molar-refractivity contribution in [2.45, 2.75) is 70.4 Å². The van der Waals surface area contributed by atoms with Gasteiger partial charge in [-0.15, -0.1) is 0 Å². The second-order valence-corrected chi connectivity index (χ2v) is 5.23. The minimum atomic E-state index is 0.382. The summed E-state index contributed by atoms with van der Waals surface area (Å²) in [5.41, 5.74) is 0. The number of hydrogen-bond donors (Lipinski definition) is 1. The maximum Gasteiger partial charge on any atom is 0.136 e. The highest BCUT2D eigenvalue weighted by molar-refractivity contribution is 5.81. The molecule has 2 heterocycles. The van der Waals surface area contributed by atoms with Crippen molar-refractivity contribution in [2.75, 3.05) is 0 Å². The zero-order valence-corrected chi connectivity index (χ0v) is 9.80. The summed E-state index contributed by atoms with van der Waals surface area (Å²) in [7, 11) is 0. The number of fused-ring (bicyclic) bond motifs is 2. The van der Waals surface area contributed by atoms with Crippen molar-refractivity contribution >= 4 is 5.78 Å². The first-order valence-corrected chi connectivity index (χ1v) is 6.58. The van der Waals surface area contributed by atoms with E-state index >= 15 is 0 Å². The summed E-state index contributed by atoms with van der Waals surface area (Å²) in [5.74, 6) is 0.920. The number of nitrogens with one attached hydrogen (secondary N) is 1. The van der Waals surface area contributed by atoms with Crippen molar-refractivity contribution in [2.24, 2.45) is 5.92 Å². The van der Waals surface area contributed by atoms with Crippen molar-refractivity contribution in [1.82, 2.24) is 5.32 Å². The molecule has 15 heavy (non-hydrogen) atoms. The topological polar surface area (TPSA) is 29.1 Å². The van der Waals surface area contributed by atoms with Crippen LogP contribution in [0.3, 0.4) is 0 Å². The van der Waals surface area contributed by atoms with E-state index in [1.165, 1.54) is 19.3 Å². The summed E-state index contributed by atoms with van der Waals surface area (Å²) >= 11 is 0. The Balaban J connectivity index is 1.85. The van der Waals surface area contributed by atoms with Gasteiger partial charge >= 0.3 is 0 Å². The molecular weight excluding hydrogens is 186 g/mol. The Kier molecular flexibility index (Phi) is 3.79. The third-order valence-electron chi connectivity index (χ3n) is 3.95. The predicted molar refractivity (Wildman–Crippen MR) is 61.8 cm³/mol. The Labute approximate surface area is 92.8 Å². The molecule has 0 aromatic rings. The third-order valence-corrected chi connectivity index (χ3v) is 3.95. The smallest absolute Gasteiger partial charge is 0.136 e. The highest BCUT2D eigenvalue weighted by Gasteiger charge is 2.33. The van der Waals surface area contributed by atoms with Crippen molar-refractivity contribution in [3.05, 3.63) is 0 Å². The molecule has 2 atom stereocenters. The van der Waals surface area contributed by atoms with Gasteiger partial charge in [-0.1, -0.05) is 19.8 Å². The molecule has 0 spiro atoms. The number of unbranched alkanes of at least 4 members (excludes halogenated alkanes) is 1. The van der Waals surface area contributed by atoms with Gasteiger partial charge in [-0.05, 0) is 32.1 Å². The van der Waals surface area contributed by atoms with E-state index in [9.17, 15) is 4.79 Å². The summed E-state index contributed by atoms with van der Waals surface area (Å²) in [6, 6.07) is 1.29. The van der Waals surface area contributed by atoms with Gasteiger partial charge < -0.3 is 5.32 Å². The average molecular weight is 209 g/mol. The zero-order chi connectivity index (χ0) is 10.7. The number of carbonyl (C=O) groups excluding carboxylic acids is 1. The maximum atomic E-state index is 12.0. The van der Waals surface area contributed by atoms with Crippen LogP contribution in [-0.4, -0.2) is 17.9 Å². The molecule has 86 valence electrons. The van der Waals surface area contributed by atoms with Gasteiger partial charge in [0, 0.05) is 24.4 Å². The second-order valence-electron chi connectivity index (χ2n) is 5.23. The molecule has 2 unspecified atom stereocenters. The van der Waals surface area contributed by atoms with Crippen LogP contribution in [-0.2, 0) is 4.79 Å². The Bertz CT molecular complexity index is 215. The third kappa shape index (κ3) is 2.81. The Hall–Kier alpha value is -0.370. The summed E-state index contributed by atoms with van der Waals surface area (Å²) in [5, 5.41) is 3.64. The molecule has 2 nitrogen and oxygen atoms in total. The second kappa shape index (κ2) is 5.11. The summed E-state index contributed by atoms with van der Waals surface area (Å²) < 4.78 is 0. The first-order valence-electron chi connectivity index (χ1n) is 6.58. The number of ketones is 1. The van der Waals surface area contributed by atoms with Crippen LogP contribution in [0.15, 0.2) is 0 Å². The van der Waals surface area contributed by atoms with Gasteiger partial charge in [-0.3, -0.25) is 4.79 Å². The minimum absolute atomic E-state index is 0.382. The van der Waals surface area contributed by atoms with Crippen LogP contribution >= 0.6 is 0 Å². The molecule has 2 aliphatic heterocycles. The molecule has 2 aliphatic rings. The molecule has 1 N–H and O–H groups in total. The van der Waals surface area contributed by atoms with Crippen molar-refractivity contribution < 1.29 is 4.79 Å². The fourth-order valence-corrected chi connectivity index (χ4v) is 3.08. The number of Topliss-reactive ketones (excluding diaryl/α,β-unsaturated/α-hetero) is 1. The Morgan fingerprint density at radius 3 is 2.53 bits per heavy atom. The van der Waals surface area contributed by atoms with Crippen LogP contribution in [0.2, 0.25) is 0 Å². The lowest BCUT2D eigenvalue weighted by atomic mass is 9.78. The van der Waals surface area contributed by atoms with E-state index in [4.69, 9.17) is 0 Å². The largest absolute Gasteiger partial charge is 0.311 e. The normalized spacial score (nSPS) is 35.1. The fourth-order valence-electron chi connectivity index (χ4n) is 3.08. The van der Waals surface area contributed by atoms with Crippen LogP contribution in [0.5, 0.6) is 0 Å². The minimum Gasteiger partial charge on any atom is -0.311 e. The van der Waals surface area contributed by atoms with E-state index in [2.05, 4.69) is 12.2 Å². The van der Waals surface area contributed by atoms with Crippen LogP contribution in [0, 0.1) is 5.92 Å². The predicted octanol–water partition coefficient (Wildman–Crippen LogP) is 2.67. The van der Waals surface area contributed by atoms with E-state index in [0.29, 0.717) is 23.8 Å².